The molecule has 1 heterocycles. The molecule has 0 bridgehead atoms. The molecule has 1 N–H and O–H groups in total. The first kappa shape index (κ1) is 23.3. The summed E-state index contributed by atoms with van der Waals surface area (Å²) < 4.78 is 0. The second kappa shape index (κ2) is 9.30. The van der Waals surface area contributed by atoms with Crippen molar-refractivity contribution in [3.05, 3.63) is 108 Å². The van der Waals surface area contributed by atoms with E-state index < -0.39 is 0 Å². The largest absolute Gasteiger partial charge is 0.271 e. The SMILES string of the molecule is CC(C)C(C)N1C(=O)c2cccc3c(C(=O)NN(c4ccccc4)c4ccccc4)ccc(c23)C1=O. The highest BCUT2D eigenvalue weighted by molar-refractivity contribution is 6.27. The Balaban J connectivity index is 1.58. The maximum atomic E-state index is 13.6. The average Bonchev–Trinajstić information content (AvgIpc) is 2.90. The van der Waals surface area contributed by atoms with E-state index >= 15 is 0 Å². The minimum Gasteiger partial charge on any atom is -0.271 e. The lowest BCUT2D eigenvalue weighted by Crippen LogP contribution is -2.48. The molecule has 0 aliphatic carbocycles. The number of hydrogen-bond acceptors (Lipinski definition) is 4. The lowest BCUT2D eigenvalue weighted by molar-refractivity contribution is 0.0512. The zero-order valence-electron chi connectivity index (χ0n) is 20.4. The minimum atomic E-state index is -0.343. The van der Waals surface area contributed by atoms with Gasteiger partial charge >= 0.3 is 0 Å². The van der Waals surface area contributed by atoms with E-state index in [-0.39, 0.29) is 29.7 Å². The molecule has 6 nitrogen and oxygen atoms in total. The van der Waals surface area contributed by atoms with Crippen molar-refractivity contribution in [2.45, 2.75) is 26.8 Å². The fourth-order valence-electron chi connectivity index (χ4n) is 4.58. The number of carbonyl (C=O) groups is 3. The van der Waals surface area contributed by atoms with Gasteiger partial charge < -0.3 is 0 Å². The number of hydrogen-bond donors (Lipinski definition) is 1. The molecule has 1 aliphatic heterocycles. The summed E-state index contributed by atoms with van der Waals surface area (Å²) in [5.41, 5.74) is 5.86. The summed E-state index contributed by atoms with van der Waals surface area (Å²) in [7, 11) is 0. The molecular weight excluding hydrogens is 450 g/mol. The van der Waals surface area contributed by atoms with Gasteiger partial charge in [-0.2, -0.15) is 0 Å². The van der Waals surface area contributed by atoms with Gasteiger partial charge in [-0.25, -0.2) is 0 Å². The van der Waals surface area contributed by atoms with Gasteiger partial charge in [0.05, 0.1) is 11.4 Å². The van der Waals surface area contributed by atoms with Gasteiger partial charge in [-0.05, 0) is 60.7 Å². The molecule has 0 saturated carbocycles. The van der Waals surface area contributed by atoms with E-state index in [0.29, 0.717) is 27.5 Å². The van der Waals surface area contributed by atoms with Crippen LogP contribution in [0.15, 0.2) is 91.0 Å². The van der Waals surface area contributed by atoms with Crippen LogP contribution in [0.2, 0.25) is 0 Å². The number of carbonyl (C=O) groups excluding carboxylic acids is 3. The number of imide groups is 1. The molecule has 1 atom stereocenters. The minimum absolute atomic E-state index is 0.116. The van der Waals surface area contributed by atoms with Gasteiger partial charge in [-0.15, -0.1) is 0 Å². The van der Waals surface area contributed by atoms with Gasteiger partial charge in [-0.1, -0.05) is 62.4 Å². The van der Waals surface area contributed by atoms with Gasteiger partial charge in [0.15, 0.2) is 0 Å². The molecule has 180 valence electrons. The highest BCUT2D eigenvalue weighted by Gasteiger charge is 2.37. The quantitative estimate of drug-likeness (QED) is 0.275. The zero-order valence-corrected chi connectivity index (χ0v) is 20.4. The molecular formula is C30H27N3O3. The van der Waals surface area contributed by atoms with Crippen LogP contribution in [0.5, 0.6) is 0 Å². The Morgan fingerprint density at radius 2 is 1.28 bits per heavy atom. The third-order valence-corrected chi connectivity index (χ3v) is 6.80. The first-order valence-electron chi connectivity index (χ1n) is 12.0. The van der Waals surface area contributed by atoms with Crippen molar-refractivity contribution in [3.8, 4) is 0 Å². The molecule has 1 unspecified atom stereocenters. The summed E-state index contributed by atoms with van der Waals surface area (Å²) in [6.07, 6.45) is 0. The van der Waals surface area contributed by atoms with Crippen molar-refractivity contribution in [1.29, 1.82) is 0 Å². The van der Waals surface area contributed by atoms with Crippen molar-refractivity contribution >= 4 is 39.9 Å². The van der Waals surface area contributed by atoms with E-state index in [1.165, 1.54) is 4.90 Å². The van der Waals surface area contributed by atoms with E-state index in [0.717, 1.165) is 11.4 Å². The third-order valence-electron chi connectivity index (χ3n) is 6.80. The summed E-state index contributed by atoms with van der Waals surface area (Å²) in [6, 6.07) is 27.4. The van der Waals surface area contributed by atoms with Crippen LogP contribution in [0.3, 0.4) is 0 Å². The molecule has 4 aromatic rings. The predicted octanol–water partition coefficient (Wildman–Crippen LogP) is 5.96. The smallest absolute Gasteiger partial charge is 0.270 e. The maximum Gasteiger partial charge on any atom is 0.270 e. The number of rotatable bonds is 6. The Labute approximate surface area is 210 Å². The van der Waals surface area contributed by atoms with Crippen LogP contribution in [0.1, 0.15) is 51.8 Å². The fourth-order valence-corrected chi connectivity index (χ4v) is 4.58. The van der Waals surface area contributed by atoms with Crippen LogP contribution in [0.4, 0.5) is 11.4 Å². The van der Waals surface area contributed by atoms with Crippen LogP contribution in [0, 0.1) is 5.92 Å². The van der Waals surface area contributed by atoms with Crippen molar-refractivity contribution in [2.24, 2.45) is 5.92 Å². The second-order valence-corrected chi connectivity index (χ2v) is 9.30. The number of para-hydroxylation sites is 2. The van der Waals surface area contributed by atoms with Gasteiger partial charge in [0.25, 0.3) is 17.7 Å². The standard InChI is InChI=1S/C30H27N3O3/c1-19(2)20(3)32-29(35)25-16-10-15-23-24(17-18-26(27(23)25)30(32)36)28(34)31-33(21-11-6-4-7-12-21)22-13-8-5-9-14-22/h4-20H,1-3H3,(H,31,34). The molecule has 4 aromatic carbocycles. The van der Waals surface area contributed by atoms with Gasteiger partial charge in [-0.3, -0.25) is 29.7 Å². The summed E-state index contributed by atoms with van der Waals surface area (Å²) >= 11 is 0. The summed E-state index contributed by atoms with van der Waals surface area (Å²) in [5.74, 6) is -0.881. The van der Waals surface area contributed by atoms with E-state index in [2.05, 4.69) is 5.43 Å². The Morgan fingerprint density at radius 3 is 1.83 bits per heavy atom. The Morgan fingerprint density at radius 1 is 0.722 bits per heavy atom. The molecule has 36 heavy (non-hydrogen) atoms. The number of hydrazine groups is 1. The molecule has 3 amide bonds. The summed E-state index contributed by atoms with van der Waals surface area (Å²) in [4.78, 5) is 41.7. The van der Waals surface area contributed by atoms with Crippen LogP contribution < -0.4 is 10.4 Å². The molecule has 1 aliphatic rings. The number of amides is 3. The summed E-state index contributed by atoms with van der Waals surface area (Å²) in [5, 5.41) is 2.82. The predicted molar refractivity (Wildman–Crippen MR) is 141 cm³/mol. The van der Waals surface area contributed by atoms with Crippen LogP contribution in [0.25, 0.3) is 10.8 Å². The van der Waals surface area contributed by atoms with Crippen LogP contribution in [-0.2, 0) is 0 Å². The summed E-state index contributed by atoms with van der Waals surface area (Å²) in [6.45, 7) is 5.86. The van der Waals surface area contributed by atoms with E-state index in [9.17, 15) is 14.4 Å². The Bertz CT molecular complexity index is 1400. The average molecular weight is 478 g/mol. The second-order valence-electron chi connectivity index (χ2n) is 9.30. The van der Waals surface area contributed by atoms with Gasteiger partial charge in [0.1, 0.15) is 0 Å². The monoisotopic (exact) mass is 477 g/mol. The molecule has 6 heteroatoms. The third kappa shape index (κ3) is 3.90. The molecule has 5 rings (SSSR count). The first-order chi connectivity index (χ1) is 17.4. The van der Waals surface area contributed by atoms with E-state index in [1.807, 2.05) is 81.4 Å². The van der Waals surface area contributed by atoms with E-state index in [4.69, 9.17) is 0 Å². The van der Waals surface area contributed by atoms with Gasteiger partial charge in [0.2, 0.25) is 0 Å². The fraction of sp³-hybridized carbons (Fsp3) is 0.167. The number of anilines is 2. The highest BCUT2D eigenvalue weighted by Crippen LogP contribution is 2.34. The first-order valence-corrected chi connectivity index (χ1v) is 12.0. The Kier molecular flexibility index (Phi) is 6.02. The van der Waals surface area contributed by atoms with Crippen molar-refractivity contribution < 1.29 is 14.4 Å². The van der Waals surface area contributed by atoms with Crippen LogP contribution >= 0.6 is 0 Å². The molecule has 0 fully saturated rings. The highest BCUT2D eigenvalue weighted by atomic mass is 16.2. The van der Waals surface area contributed by atoms with Crippen molar-refractivity contribution in [1.82, 2.24) is 10.3 Å². The lowest BCUT2D eigenvalue weighted by Gasteiger charge is -2.34. The zero-order chi connectivity index (χ0) is 25.4. The molecule has 0 saturated heterocycles. The molecule has 0 aromatic heterocycles. The van der Waals surface area contributed by atoms with Crippen molar-refractivity contribution in [3.63, 3.8) is 0 Å². The lowest BCUT2D eigenvalue weighted by atomic mass is 9.89. The number of nitrogens with zero attached hydrogens (tertiary/aromatic N) is 2. The molecule has 0 radical (unpaired) electrons. The number of benzene rings is 4. The molecule has 0 spiro atoms. The Hall–Kier alpha value is -4.45. The van der Waals surface area contributed by atoms with Crippen molar-refractivity contribution in [2.75, 3.05) is 5.01 Å². The van der Waals surface area contributed by atoms with Crippen LogP contribution in [-0.4, -0.2) is 28.7 Å². The van der Waals surface area contributed by atoms with E-state index in [1.54, 1.807) is 35.3 Å². The number of nitrogens with one attached hydrogen (secondary N) is 1. The maximum absolute atomic E-state index is 13.6. The topological polar surface area (TPSA) is 69.7 Å². The normalized spacial score (nSPS) is 13.7. The van der Waals surface area contributed by atoms with Gasteiger partial charge in [0, 0.05) is 28.1 Å².